The summed E-state index contributed by atoms with van der Waals surface area (Å²) in [6, 6.07) is 7.31. The second kappa shape index (κ2) is 4.65. The summed E-state index contributed by atoms with van der Waals surface area (Å²) in [4.78, 5) is 14.7. The van der Waals surface area contributed by atoms with E-state index in [1.165, 1.54) is 0 Å². The number of aromatic nitrogens is 1. The van der Waals surface area contributed by atoms with Crippen molar-refractivity contribution in [1.29, 1.82) is 0 Å². The molecule has 86 valence electrons. The Hall–Kier alpha value is -2.36. The van der Waals surface area contributed by atoms with Crippen molar-refractivity contribution in [3.05, 3.63) is 42.1 Å². The standard InChI is InChI=1S/C13H11NO3/c1-17-11-4-2-3-10-9(5-6-12(15)16)7-8-14-13(10)11/h2-8H,1H3,(H,15,16). The second-order valence-corrected chi connectivity index (χ2v) is 3.43. The first-order valence-electron chi connectivity index (χ1n) is 5.05. The molecule has 0 unspecified atom stereocenters. The smallest absolute Gasteiger partial charge is 0.328 e. The first-order valence-corrected chi connectivity index (χ1v) is 5.05. The van der Waals surface area contributed by atoms with Crippen molar-refractivity contribution in [2.24, 2.45) is 0 Å². The average molecular weight is 229 g/mol. The molecule has 0 atom stereocenters. The molecule has 1 heterocycles. The highest BCUT2D eigenvalue weighted by molar-refractivity contribution is 5.94. The van der Waals surface area contributed by atoms with E-state index in [4.69, 9.17) is 9.84 Å². The highest BCUT2D eigenvalue weighted by atomic mass is 16.5. The molecule has 0 radical (unpaired) electrons. The van der Waals surface area contributed by atoms with Gasteiger partial charge in [0.05, 0.1) is 7.11 Å². The lowest BCUT2D eigenvalue weighted by Crippen LogP contribution is -1.90. The SMILES string of the molecule is COc1cccc2c(C=CC(=O)O)ccnc12. The molecule has 1 aromatic heterocycles. The van der Waals surface area contributed by atoms with Crippen LogP contribution in [0.4, 0.5) is 0 Å². The normalized spacial score (nSPS) is 10.9. The molecule has 0 aliphatic heterocycles. The van der Waals surface area contributed by atoms with Crippen molar-refractivity contribution in [1.82, 2.24) is 4.98 Å². The number of nitrogens with zero attached hydrogens (tertiary/aromatic N) is 1. The van der Waals surface area contributed by atoms with Crippen LogP contribution in [0.25, 0.3) is 17.0 Å². The Morgan fingerprint density at radius 1 is 1.41 bits per heavy atom. The third-order valence-electron chi connectivity index (χ3n) is 2.39. The quantitative estimate of drug-likeness (QED) is 0.820. The first kappa shape index (κ1) is 11.1. The third kappa shape index (κ3) is 2.25. The molecule has 0 aliphatic carbocycles. The van der Waals surface area contributed by atoms with E-state index in [0.29, 0.717) is 5.75 Å². The Bertz CT molecular complexity index is 590. The van der Waals surface area contributed by atoms with E-state index in [0.717, 1.165) is 22.5 Å². The fourth-order valence-corrected chi connectivity index (χ4v) is 1.64. The molecule has 4 heteroatoms. The van der Waals surface area contributed by atoms with Gasteiger partial charge in [-0.3, -0.25) is 4.98 Å². The van der Waals surface area contributed by atoms with Crippen LogP contribution in [0.5, 0.6) is 5.75 Å². The fourth-order valence-electron chi connectivity index (χ4n) is 1.64. The van der Waals surface area contributed by atoms with Gasteiger partial charge in [0, 0.05) is 17.7 Å². The number of pyridine rings is 1. The van der Waals surface area contributed by atoms with Crippen LogP contribution in [-0.4, -0.2) is 23.2 Å². The van der Waals surface area contributed by atoms with Crippen LogP contribution in [0.3, 0.4) is 0 Å². The fraction of sp³-hybridized carbons (Fsp3) is 0.0769. The van der Waals surface area contributed by atoms with Gasteiger partial charge in [0.2, 0.25) is 0 Å². The maximum absolute atomic E-state index is 10.5. The molecule has 4 nitrogen and oxygen atoms in total. The number of carboxylic acid groups (broad SMARTS) is 1. The molecule has 2 aromatic rings. The largest absolute Gasteiger partial charge is 0.494 e. The van der Waals surface area contributed by atoms with E-state index < -0.39 is 5.97 Å². The maximum Gasteiger partial charge on any atom is 0.328 e. The molecule has 1 aromatic carbocycles. The van der Waals surface area contributed by atoms with Gasteiger partial charge >= 0.3 is 5.97 Å². The molecule has 2 rings (SSSR count). The molecule has 0 aliphatic rings. The van der Waals surface area contributed by atoms with Crippen molar-refractivity contribution in [2.45, 2.75) is 0 Å². The summed E-state index contributed by atoms with van der Waals surface area (Å²) in [6.07, 6.45) is 4.28. The summed E-state index contributed by atoms with van der Waals surface area (Å²) in [5.74, 6) is -0.300. The lowest BCUT2D eigenvalue weighted by atomic mass is 10.1. The number of carbonyl (C=O) groups is 1. The van der Waals surface area contributed by atoms with Gasteiger partial charge in [-0.05, 0) is 23.8 Å². The Morgan fingerprint density at radius 2 is 2.24 bits per heavy atom. The van der Waals surface area contributed by atoms with E-state index in [1.54, 1.807) is 25.4 Å². The third-order valence-corrected chi connectivity index (χ3v) is 2.39. The van der Waals surface area contributed by atoms with Crippen molar-refractivity contribution in [2.75, 3.05) is 7.11 Å². The van der Waals surface area contributed by atoms with Gasteiger partial charge in [-0.15, -0.1) is 0 Å². The van der Waals surface area contributed by atoms with Crippen LogP contribution >= 0.6 is 0 Å². The van der Waals surface area contributed by atoms with Crippen LogP contribution in [0.2, 0.25) is 0 Å². The number of methoxy groups -OCH3 is 1. The van der Waals surface area contributed by atoms with Crippen molar-refractivity contribution in [3.8, 4) is 5.75 Å². The molecular weight excluding hydrogens is 218 g/mol. The summed E-state index contributed by atoms with van der Waals surface area (Å²) >= 11 is 0. The lowest BCUT2D eigenvalue weighted by Gasteiger charge is -2.05. The van der Waals surface area contributed by atoms with Crippen molar-refractivity contribution >= 4 is 22.9 Å². The van der Waals surface area contributed by atoms with Crippen molar-refractivity contribution in [3.63, 3.8) is 0 Å². The van der Waals surface area contributed by atoms with E-state index in [-0.39, 0.29) is 0 Å². The average Bonchev–Trinajstić information content (AvgIpc) is 2.35. The molecule has 0 fully saturated rings. The van der Waals surface area contributed by atoms with Gasteiger partial charge in [-0.2, -0.15) is 0 Å². The molecule has 0 spiro atoms. The Labute approximate surface area is 98.2 Å². The highest BCUT2D eigenvalue weighted by Crippen LogP contribution is 2.26. The number of hydrogen-bond acceptors (Lipinski definition) is 3. The number of fused-ring (bicyclic) bond motifs is 1. The zero-order valence-corrected chi connectivity index (χ0v) is 9.25. The van der Waals surface area contributed by atoms with Gasteiger partial charge in [0.1, 0.15) is 11.3 Å². The molecule has 0 amide bonds. The van der Waals surface area contributed by atoms with Gasteiger partial charge in [0.25, 0.3) is 0 Å². The van der Waals surface area contributed by atoms with Crippen LogP contribution in [0.1, 0.15) is 5.56 Å². The maximum atomic E-state index is 10.5. The van der Waals surface area contributed by atoms with Crippen LogP contribution in [-0.2, 0) is 4.79 Å². The molecule has 17 heavy (non-hydrogen) atoms. The second-order valence-electron chi connectivity index (χ2n) is 3.43. The summed E-state index contributed by atoms with van der Waals surface area (Å²) in [5, 5.41) is 9.49. The number of carboxylic acids is 1. The van der Waals surface area contributed by atoms with Gasteiger partial charge in [-0.1, -0.05) is 12.1 Å². The summed E-state index contributed by atoms with van der Waals surface area (Å²) in [7, 11) is 1.58. The summed E-state index contributed by atoms with van der Waals surface area (Å²) in [6.45, 7) is 0. The number of aliphatic carboxylic acids is 1. The predicted octanol–water partition coefficient (Wildman–Crippen LogP) is 2.34. The molecule has 0 saturated carbocycles. The minimum absolute atomic E-state index is 0.674. The Kier molecular flexibility index (Phi) is 3.05. The predicted molar refractivity (Wildman–Crippen MR) is 65.0 cm³/mol. The van der Waals surface area contributed by atoms with Crippen molar-refractivity contribution < 1.29 is 14.6 Å². The molecule has 1 N–H and O–H groups in total. The zero-order valence-electron chi connectivity index (χ0n) is 9.25. The Balaban J connectivity index is 2.62. The van der Waals surface area contributed by atoms with Crippen LogP contribution in [0, 0.1) is 0 Å². The monoisotopic (exact) mass is 229 g/mol. The first-order chi connectivity index (χ1) is 8.22. The van der Waals surface area contributed by atoms with Gasteiger partial charge in [0.15, 0.2) is 0 Å². The number of hydrogen-bond donors (Lipinski definition) is 1. The summed E-state index contributed by atoms with van der Waals surface area (Å²) in [5.41, 5.74) is 1.53. The number of rotatable bonds is 3. The van der Waals surface area contributed by atoms with E-state index in [9.17, 15) is 4.79 Å². The van der Waals surface area contributed by atoms with E-state index in [1.807, 2.05) is 18.2 Å². The molecule has 0 bridgehead atoms. The zero-order chi connectivity index (χ0) is 12.3. The lowest BCUT2D eigenvalue weighted by molar-refractivity contribution is -0.131. The summed E-state index contributed by atoms with van der Waals surface area (Å²) < 4.78 is 5.21. The number of benzene rings is 1. The number of ether oxygens (including phenoxy) is 1. The molecular formula is C13H11NO3. The minimum Gasteiger partial charge on any atom is -0.494 e. The highest BCUT2D eigenvalue weighted by Gasteiger charge is 2.04. The minimum atomic E-state index is -0.974. The van der Waals surface area contributed by atoms with Gasteiger partial charge < -0.3 is 9.84 Å². The molecule has 0 saturated heterocycles. The topological polar surface area (TPSA) is 59.4 Å². The van der Waals surface area contributed by atoms with E-state index >= 15 is 0 Å². The number of para-hydroxylation sites is 1. The van der Waals surface area contributed by atoms with E-state index in [2.05, 4.69) is 4.98 Å². The van der Waals surface area contributed by atoms with Crippen LogP contribution < -0.4 is 4.74 Å². The van der Waals surface area contributed by atoms with Crippen LogP contribution in [0.15, 0.2) is 36.5 Å². The van der Waals surface area contributed by atoms with Gasteiger partial charge in [-0.25, -0.2) is 4.79 Å². The Morgan fingerprint density at radius 3 is 2.94 bits per heavy atom.